The predicted octanol–water partition coefficient (Wildman–Crippen LogP) is 5.33. The summed E-state index contributed by atoms with van der Waals surface area (Å²) in [5.74, 6) is 1.94. The van der Waals surface area contributed by atoms with Crippen LogP contribution < -0.4 is 24.7 Å². The maximum absolute atomic E-state index is 10.9. The van der Waals surface area contributed by atoms with Crippen LogP contribution in [-0.4, -0.2) is 11.7 Å². The SMILES string of the molecule is N#CC1=C(N)Oc2cc3c(cc2[C@@H]1c1cc(I)c(OCc2ccc([N+](=O)[O-])cc2)c(I)c1)OCO3. The van der Waals surface area contributed by atoms with Crippen LogP contribution in [-0.2, 0) is 6.61 Å². The molecule has 2 aliphatic rings. The van der Waals surface area contributed by atoms with Gasteiger partial charge in [-0.15, -0.1) is 0 Å². The Morgan fingerprint density at radius 2 is 1.74 bits per heavy atom. The van der Waals surface area contributed by atoms with Crippen LogP contribution in [0.15, 0.2) is 60.0 Å². The van der Waals surface area contributed by atoms with Crippen molar-refractivity contribution in [2.75, 3.05) is 6.79 Å². The molecule has 0 fully saturated rings. The first-order valence-electron chi connectivity index (χ1n) is 10.2. The van der Waals surface area contributed by atoms with Gasteiger partial charge in [0.2, 0.25) is 12.7 Å². The largest absolute Gasteiger partial charge is 0.487 e. The van der Waals surface area contributed by atoms with Gasteiger partial charge in [0.15, 0.2) is 11.5 Å². The summed E-state index contributed by atoms with van der Waals surface area (Å²) in [5, 5.41) is 20.7. The van der Waals surface area contributed by atoms with E-state index in [1.54, 1.807) is 18.2 Å². The second kappa shape index (κ2) is 9.42. The standard InChI is InChI=1S/C24H15I2N3O6/c25-17-5-13(6-18(26)23(17)32-10-12-1-3-14(4-2-12)29(30)31)22-15-7-20-21(34-11-33-20)8-19(15)35-24(28)16(22)9-27/h1-8,22H,10-11,28H2/t22-/m0/s1. The molecule has 35 heavy (non-hydrogen) atoms. The summed E-state index contributed by atoms with van der Waals surface area (Å²) in [5.41, 5.74) is 8.87. The van der Waals surface area contributed by atoms with Crippen LogP contribution in [0, 0.1) is 28.6 Å². The number of nitriles is 1. The van der Waals surface area contributed by atoms with Gasteiger partial charge in [-0.05, 0) is 86.6 Å². The smallest absolute Gasteiger partial charge is 0.269 e. The van der Waals surface area contributed by atoms with E-state index in [0.717, 1.165) is 23.8 Å². The van der Waals surface area contributed by atoms with E-state index in [-0.39, 0.29) is 25.0 Å². The van der Waals surface area contributed by atoms with E-state index in [1.807, 2.05) is 18.2 Å². The highest BCUT2D eigenvalue weighted by molar-refractivity contribution is 14.1. The molecule has 0 spiro atoms. The van der Waals surface area contributed by atoms with Gasteiger partial charge in [0, 0.05) is 23.8 Å². The van der Waals surface area contributed by atoms with Gasteiger partial charge in [-0.1, -0.05) is 0 Å². The lowest BCUT2D eigenvalue weighted by molar-refractivity contribution is -0.384. The van der Waals surface area contributed by atoms with Gasteiger partial charge in [0.05, 0.1) is 18.0 Å². The summed E-state index contributed by atoms with van der Waals surface area (Å²) in [6.45, 7) is 0.372. The lowest BCUT2D eigenvalue weighted by Crippen LogP contribution is -2.21. The first-order valence-corrected chi connectivity index (χ1v) is 12.4. The number of hydrogen-bond donors (Lipinski definition) is 1. The normalized spacial score (nSPS) is 15.7. The lowest BCUT2D eigenvalue weighted by atomic mass is 9.83. The Kier molecular flexibility index (Phi) is 6.32. The van der Waals surface area contributed by atoms with E-state index >= 15 is 0 Å². The van der Waals surface area contributed by atoms with Gasteiger partial charge in [-0.3, -0.25) is 10.1 Å². The van der Waals surface area contributed by atoms with E-state index in [1.165, 1.54) is 12.1 Å². The number of fused-ring (bicyclic) bond motifs is 2. The van der Waals surface area contributed by atoms with Crippen molar-refractivity contribution in [3.63, 3.8) is 0 Å². The average molecular weight is 695 g/mol. The van der Waals surface area contributed by atoms with Crippen LogP contribution >= 0.6 is 45.2 Å². The number of halogens is 2. The van der Waals surface area contributed by atoms with Crippen LogP contribution in [0.3, 0.4) is 0 Å². The molecule has 2 aliphatic heterocycles. The molecule has 2 heterocycles. The van der Waals surface area contributed by atoms with Crippen molar-refractivity contribution in [3.05, 3.63) is 93.9 Å². The maximum atomic E-state index is 10.9. The van der Waals surface area contributed by atoms with Crippen LogP contribution in [0.5, 0.6) is 23.0 Å². The zero-order valence-corrected chi connectivity index (χ0v) is 22.1. The molecular weight excluding hydrogens is 680 g/mol. The Hall–Kier alpha value is -3.25. The van der Waals surface area contributed by atoms with E-state index in [2.05, 4.69) is 51.3 Å². The molecule has 3 aromatic carbocycles. The van der Waals surface area contributed by atoms with E-state index in [9.17, 15) is 15.4 Å². The number of hydrogen-bond acceptors (Lipinski definition) is 8. The molecule has 5 rings (SSSR count). The molecule has 0 saturated carbocycles. The van der Waals surface area contributed by atoms with Gasteiger partial charge in [0.1, 0.15) is 29.7 Å². The Balaban J connectivity index is 1.48. The van der Waals surface area contributed by atoms with Crippen molar-refractivity contribution in [1.29, 1.82) is 5.26 Å². The molecule has 9 nitrogen and oxygen atoms in total. The molecule has 1 atom stereocenters. The van der Waals surface area contributed by atoms with Crippen LogP contribution in [0.25, 0.3) is 0 Å². The molecule has 2 N–H and O–H groups in total. The van der Waals surface area contributed by atoms with Gasteiger partial charge in [-0.2, -0.15) is 5.26 Å². The highest BCUT2D eigenvalue weighted by atomic mass is 127. The van der Waals surface area contributed by atoms with Crippen molar-refractivity contribution in [2.45, 2.75) is 12.5 Å². The zero-order valence-electron chi connectivity index (χ0n) is 17.8. The number of benzene rings is 3. The minimum Gasteiger partial charge on any atom is -0.487 e. The van der Waals surface area contributed by atoms with Crippen LogP contribution in [0.4, 0.5) is 5.69 Å². The van der Waals surface area contributed by atoms with Gasteiger partial charge in [-0.25, -0.2) is 0 Å². The summed E-state index contributed by atoms with van der Waals surface area (Å²) in [6.07, 6.45) is 0. The summed E-state index contributed by atoms with van der Waals surface area (Å²) in [6, 6.07) is 15.9. The number of nitrogens with zero attached hydrogens (tertiary/aromatic N) is 2. The Morgan fingerprint density at radius 1 is 1.09 bits per heavy atom. The van der Waals surface area contributed by atoms with Crippen molar-refractivity contribution < 1.29 is 23.9 Å². The molecule has 0 amide bonds. The Labute approximate surface area is 226 Å². The number of allylic oxidation sites excluding steroid dienone is 1. The number of rotatable bonds is 5. The van der Waals surface area contributed by atoms with E-state index in [0.29, 0.717) is 28.6 Å². The molecule has 0 saturated heterocycles. The number of nitro benzene ring substituents is 1. The topological polar surface area (TPSA) is 130 Å². The van der Waals surface area contributed by atoms with Gasteiger partial charge >= 0.3 is 0 Å². The minimum atomic E-state index is -0.455. The van der Waals surface area contributed by atoms with E-state index in [4.69, 9.17) is 24.7 Å². The second-order valence-electron chi connectivity index (χ2n) is 7.69. The highest BCUT2D eigenvalue weighted by Gasteiger charge is 2.34. The molecule has 3 aromatic rings. The predicted molar refractivity (Wildman–Crippen MR) is 141 cm³/mol. The Bertz CT molecular complexity index is 1410. The summed E-state index contributed by atoms with van der Waals surface area (Å²) in [7, 11) is 0. The van der Waals surface area contributed by atoms with Gasteiger partial charge in [0.25, 0.3) is 5.69 Å². The quantitative estimate of drug-likeness (QED) is 0.216. The maximum Gasteiger partial charge on any atom is 0.269 e. The fourth-order valence-corrected chi connectivity index (χ4v) is 6.07. The molecule has 0 bridgehead atoms. The lowest BCUT2D eigenvalue weighted by Gasteiger charge is -2.27. The summed E-state index contributed by atoms with van der Waals surface area (Å²) in [4.78, 5) is 10.4. The third kappa shape index (κ3) is 4.43. The molecule has 0 aliphatic carbocycles. The second-order valence-corrected chi connectivity index (χ2v) is 10.0. The Morgan fingerprint density at radius 3 is 2.37 bits per heavy atom. The fourth-order valence-electron chi connectivity index (χ4n) is 3.94. The fraction of sp³-hybridized carbons (Fsp3) is 0.125. The van der Waals surface area contributed by atoms with E-state index < -0.39 is 10.8 Å². The molecule has 176 valence electrons. The third-order valence-electron chi connectivity index (χ3n) is 5.59. The molecule has 0 radical (unpaired) electrons. The third-order valence-corrected chi connectivity index (χ3v) is 7.20. The highest BCUT2D eigenvalue weighted by Crippen LogP contribution is 2.48. The molecular formula is C24H15I2N3O6. The van der Waals surface area contributed by atoms with Crippen molar-refractivity contribution in [3.8, 4) is 29.1 Å². The first-order chi connectivity index (χ1) is 16.9. The average Bonchev–Trinajstić information content (AvgIpc) is 3.29. The zero-order chi connectivity index (χ0) is 24.7. The number of ether oxygens (including phenoxy) is 4. The van der Waals surface area contributed by atoms with Crippen LogP contribution in [0.1, 0.15) is 22.6 Å². The first kappa shape index (κ1) is 23.5. The van der Waals surface area contributed by atoms with Crippen LogP contribution in [0.2, 0.25) is 0 Å². The number of non-ortho nitro benzene ring substituents is 1. The monoisotopic (exact) mass is 695 g/mol. The van der Waals surface area contributed by atoms with Crippen molar-refractivity contribution in [2.24, 2.45) is 5.73 Å². The summed E-state index contributed by atoms with van der Waals surface area (Å²) < 4.78 is 24.5. The van der Waals surface area contributed by atoms with Crippen molar-refractivity contribution >= 4 is 50.9 Å². The number of nitrogens with two attached hydrogens (primary N) is 1. The summed E-state index contributed by atoms with van der Waals surface area (Å²) >= 11 is 4.39. The molecule has 0 unspecified atom stereocenters. The molecule has 11 heteroatoms. The number of nitro groups is 1. The van der Waals surface area contributed by atoms with Gasteiger partial charge < -0.3 is 24.7 Å². The minimum absolute atomic E-state index is 0.0298. The van der Waals surface area contributed by atoms with Crippen molar-refractivity contribution in [1.82, 2.24) is 0 Å². The molecule has 0 aromatic heterocycles.